The number of hydrogen-bond donors (Lipinski definition) is 1. The first-order chi connectivity index (χ1) is 8.99. The Morgan fingerprint density at radius 2 is 2.00 bits per heavy atom. The molecular weight excluding hydrogens is 270 g/mol. The Morgan fingerprint density at radius 3 is 2.53 bits per heavy atom. The fourth-order valence-electron chi connectivity index (χ4n) is 1.18. The molecule has 19 heavy (non-hydrogen) atoms. The zero-order valence-corrected chi connectivity index (χ0v) is 11.3. The molecule has 0 saturated heterocycles. The largest absolute Gasteiger partial charge is 0.497 e. The van der Waals surface area contributed by atoms with Gasteiger partial charge in [0.1, 0.15) is 5.75 Å². The zero-order valence-electron chi connectivity index (χ0n) is 10.5. The van der Waals surface area contributed by atoms with Gasteiger partial charge < -0.3 is 9.57 Å². The Labute approximate surface area is 112 Å². The maximum Gasteiger partial charge on any atom is 0.326 e. The van der Waals surface area contributed by atoms with Crippen molar-refractivity contribution < 1.29 is 22.8 Å². The number of carbonyl (C=O) groups is 1. The Hall–Kier alpha value is -1.86. The van der Waals surface area contributed by atoms with Crippen molar-refractivity contribution in [3.63, 3.8) is 0 Å². The average Bonchev–Trinajstić information content (AvgIpc) is 2.43. The maximum absolute atomic E-state index is 11.8. The van der Waals surface area contributed by atoms with Crippen LogP contribution in [-0.4, -0.2) is 21.5 Å². The summed E-state index contributed by atoms with van der Waals surface area (Å²) in [4.78, 5) is 17.4. The summed E-state index contributed by atoms with van der Waals surface area (Å²) < 4.78 is 28.4. The van der Waals surface area contributed by atoms with Gasteiger partial charge in [-0.15, -0.1) is 6.58 Å². The number of nitrogens with one attached hydrogen (secondary N) is 1. The van der Waals surface area contributed by atoms with E-state index in [0.29, 0.717) is 12.2 Å². The van der Waals surface area contributed by atoms with E-state index in [-0.39, 0.29) is 11.3 Å². The van der Waals surface area contributed by atoms with Gasteiger partial charge in [0.2, 0.25) is 0 Å². The van der Waals surface area contributed by atoms with E-state index in [1.165, 1.54) is 31.4 Å². The molecule has 0 heterocycles. The number of rotatable bonds is 7. The first-order valence-corrected chi connectivity index (χ1v) is 6.94. The van der Waals surface area contributed by atoms with Crippen molar-refractivity contribution in [2.75, 3.05) is 7.11 Å². The van der Waals surface area contributed by atoms with Crippen LogP contribution < -0.4 is 9.62 Å². The second-order valence-electron chi connectivity index (χ2n) is 3.56. The molecule has 1 aromatic rings. The van der Waals surface area contributed by atoms with Crippen LogP contribution in [0.3, 0.4) is 0 Å². The Bertz CT molecular complexity index is 536. The minimum Gasteiger partial charge on any atom is -0.497 e. The molecule has 1 N–H and O–H groups in total. The molecule has 104 valence electrons. The molecule has 7 heteroatoms. The van der Waals surface area contributed by atoms with Crippen LogP contribution in [0.15, 0.2) is 41.8 Å². The molecule has 1 rings (SSSR count). The van der Waals surface area contributed by atoms with E-state index in [1.807, 2.05) is 0 Å². The number of sulfonamides is 1. The number of hydrogen-bond acceptors (Lipinski definition) is 5. The van der Waals surface area contributed by atoms with Gasteiger partial charge in [-0.1, -0.05) is 6.08 Å². The molecule has 0 saturated carbocycles. The van der Waals surface area contributed by atoms with Crippen LogP contribution in [0.4, 0.5) is 0 Å². The lowest BCUT2D eigenvalue weighted by Crippen LogP contribution is -2.27. The van der Waals surface area contributed by atoms with Gasteiger partial charge in [-0.05, 0) is 35.6 Å². The Kier molecular flexibility index (Phi) is 5.53. The van der Waals surface area contributed by atoms with Crippen molar-refractivity contribution in [1.82, 2.24) is 4.89 Å². The summed E-state index contributed by atoms with van der Waals surface area (Å²) in [7, 11) is -2.40. The van der Waals surface area contributed by atoms with Gasteiger partial charge in [-0.3, -0.25) is 4.79 Å². The van der Waals surface area contributed by atoms with Crippen LogP contribution >= 0.6 is 0 Å². The van der Waals surface area contributed by atoms with E-state index < -0.39 is 16.0 Å². The predicted molar refractivity (Wildman–Crippen MR) is 68.8 cm³/mol. The molecule has 0 unspecified atom stereocenters. The fourth-order valence-corrected chi connectivity index (χ4v) is 1.97. The van der Waals surface area contributed by atoms with Crippen LogP contribution in [0.5, 0.6) is 5.75 Å². The van der Waals surface area contributed by atoms with Crippen LogP contribution in [0.25, 0.3) is 0 Å². The van der Waals surface area contributed by atoms with Gasteiger partial charge in [-0.25, -0.2) is 8.42 Å². The molecule has 0 radical (unpaired) electrons. The molecule has 0 amide bonds. The topological polar surface area (TPSA) is 81.7 Å². The molecule has 0 fully saturated rings. The number of methoxy groups -OCH3 is 1. The van der Waals surface area contributed by atoms with E-state index in [4.69, 9.17) is 4.74 Å². The van der Waals surface area contributed by atoms with Gasteiger partial charge in [-0.2, -0.15) is 0 Å². The van der Waals surface area contributed by atoms with Gasteiger partial charge in [0.05, 0.1) is 18.4 Å². The van der Waals surface area contributed by atoms with E-state index in [2.05, 4.69) is 11.4 Å². The summed E-state index contributed by atoms with van der Waals surface area (Å²) in [5, 5.41) is 0. The average molecular weight is 285 g/mol. The molecule has 1 aromatic carbocycles. The maximum atomic E-state index is 11.8. The Morgan fingerprint density at radius 1 is 1.37 bits per heavy atom. The van der Waals surface area contributed by atoms with Crippen LogP contribution in [0.2, 0.25) is 0 Å². The fraction of sp³-hybridized carbons (Fsp3) is 0.250. The van der Waals surface area contributed by atoms with Crippen molar-refractivity contribution in [3.8, 4) is 5.75 Å². The summed E-state index contributed by atoms with van der Waals surface area (Å²) in [6.07, 6.45) is 2.02. The quantitative estimate of drug-likeness (QED) is 0.605. The van der Waals surface area contributed by atoms with Crippen molar-refractivity contribution in [1.29, 1.82) is 0 Å². The number of ether oxygens (including phenoxy) is 1. The smallest absolute Gasteiger partial charge is 0.326 e. The second-order valence-corrected chi connectivity index (χ2v) is 5.21. The van der Waals surface area contributed by atoms with E-state index in [1.54, 1.807) is 11.0 Å². The zero-order chi connectivity index (χ0) is 14.3. The molecule has 0 spiro atoms. The molecule has 0 aliphatic carbocycles. The van der Waals surface area contributed by atoms with Crippen molar-refractivity contribution in [2.45, 2.75) is 17.7 Å². The minimum absolute atomic E-state index is 0.0233. The van der Waals surface area contributed by atoms with Crippen LogP contribution in [0, 0.1) is 0 Å². The van der Waals surface area contributed by atoms with Crippen LogP contribution in [0.1, 0.15) is 12.8 Å². The lowest BCUT2D eigenvalue weighted by molar-refractivity contribution is -0.147. The normalized spacial score (nSPS) is 10.8. The third-order valence-corrected chi connectivity index (χ3v) is 3.38. The standard InChI is InChI=1S/C12H15NO5S/c1-3-4-5-12(14)18-13-19(15,16)11-8-6-10(17-2)7-9-11/h3,6-9,13H,1,4-5H2,2H3. The lowest BCUT2D eigenvalue weighted by Gasteiger charge is -2.07. The molecule has 0 aromatic heterocycles. The molecule has 0 atom stereocenters. The summed E-state index contributed by atoms with van der Waals surface area (Å²) in [6, 6.07) is 5.68. The molecule has 0 aliphatic rings. The molecule has 6 nitrogen and oxygen atoms in total. The first kappa shape index (κ1) is 15.2. The summed E-state index contributed by atoms with van der Waals surface area (Å²) >= 11 is 0. The second kappa shape index (κ2) is 6.91. The van der Waals surface area contributed by atoms with E-state index >= 15 is 0 Å². The van der Waals surface area contributed by atoms with Gasteiger partial charge in [0, 0.05) is 0 Å². The molecule has 0 bridgehead atoms. The third-order valence-electron chi connectivity index (χ3n) is 2.19. The van der Waals surface area contributed by atoms with Gasteiger partial charge in [0.25, 0.3) is 10.0 Å². The number of allylic oxidation sites excluding steroid dienone is 1. The highest BCUT2D eigenvalue weighted by Gasteiger charge is 2.16. The number of carbonyl (C=O) groups excluding carboxylic acids is 1. The highest BCUT2D eigenvalue weighted by atomic mass is 32.2. The van der Waals surface area contributed by atoms with Crippen molar-refractivity contribution >= 4 is 16.0 Å². The summed E-state index contributed by atoms with van der Waals surface area (Å²) in [5.41, 5.74) is 0. The highest BCUT2D eigenvalue weighted by molar-refractivity contribution is 7.89. The van der Waals surface area contributed by atoms with Gasteiger partial charge >= 0.3 is 5.97 Å². The SMILES string of the molecule is C=CCCC(=O)ONS(=O)(=O)c1ccc(OC)cc1. The van der Waals surface area contributed by atoms with Gasteiger partial charge in [0.15, 0.2) is 0 Å². The summed E-state index contributed by atoms with van der Waals surface area (Å²) in [5.74, 6) is -0.140. The molecular formula is C12H15NO5S. The monoisotopic (exact) mass is 285 g/mol. The highest BCUT2D eigenvalue weighted by Crippen LogP contribution is 2.15. The van der Waals surface area contributed by atoms with E-state index in [0.717, 1.165) is 0 Å². The van der Waals surface area contributed by atoms with Crippen molar-refractivity contribution in [2.24, 2.45) is 0 Å². The van der Waals surface area contributed by atoms with Crippen LogP contribution in [-0.2, 0) is 19.7 Å². The minimum atomic E-state index is -3.88. The Balaban J connectivity index is 2.64. The number of benzene rings is 1. The molecule has 0 aliphatic heterocycles. The summed E-state index contributed by atoms with van der Waals surface area (Å²) in [6.45, 7) is 3.45. The third kappa shape index (κ3) is 4.72. The lowest BCUT2D eigenvalue weighted by atomic mass is 10.3. The van der Waals surface area contributed by atoms with Crippen molar-refractivity contribution in [3.05, 3.63) is 36.9 Å². The predicted octanol–water partition coefficient (Wildman–Crippen LogP) is 1.40. The van der Waals surface area contributed by atoms with E-state index in [9.17, 15) is 13.2 Å². The first-order valence-electron chi connectivity index (χ1n) is 5.46.